The van der Waals surface area contributed by atoms with E-state index in [-0.39, 0.29) is 21.7 Å². The van der Waals surface area contributed by atoms with E-state index in [1.54, 1.807) is 0 Å². The van der Waals surface area contributed by atoms with Gasteiger partial charge in [-0.25, -0.2) is 4.98 Å². The lowest BCUT2D eigenvalue weighted by Crippen LogP contribution is -2.25. The molecule has 0 fully saturated rings. The molecule has 0 atom stereocenters. The molecule has 3 aromatic heterocycles. The number of anilines is 4. The van der Waals surface area contributed by atoms with Crippen LogP contribution in [0.4, 0.5) is 22.7 Å². The first-order chi connectivity index (χ1) is 34.2. The second-order valence-electron chi connectivity index (χ2n) is 23.9. The Kier molecular flexibility index (Phi) is 11.3. The Hall–Kier alpha value is -7.15. The van der Waals surface area contributed by atoms with E-state index in [1.807, 2.05) is 17.5 Å². The van der Waals surface area contributed by atoms with Crippen molar-refractivity contribution in [3.63, 3.8) is 0 Å². The minimum Gasteiger partial charge on any atom is -0.457 e. The number of hydrogen-bond donors (Lipinski definition) is 0. The molecule has 7 aromatic carbocycles. The van der Waals surface area contributed by atoms with Gasteiger partial charge in [-0.1, -0.05) is 180 Å². The van der Waals surface area contributed by atoms with Crippen molar-refractivity contribution in [2.45, 2.75) is 105 Å². The van der Waals surface area contributed by atoms with Crippen LogP contribution in [0.1, 0.15) is 105 Å². The average molecular weight is 963 g/mol. The van der Waals surface area contributed by atoms with Crippen molar-refractivity contribution in [3.8, 4) is 39.6 Å². The number of hydrogen-bond acceptors (Lipinski definition) is 5. The average Bonchev–Trinajstić information content (AvgIpc) is 4.02. The Balaban J connectivity index is 1.05. The molecule has 1 aliphatic rings. The van der Waals surface area contributed by atoms with Gasteiger partial charge in [0.2, 0.25) is 0 Å². The quantitative estimate of drug-likeness (QED) is 0.159. The molecule has 1 aliphatic heterocycles. The first kappa shape index (κ1) is 47.2. The Bertz CT molecular complexity index is 3670. The summed E-state index contributed by atoms with van der Waals surface area (Å²) >= 11 is 1.84. The normalized spacial score (nSPS) is 13.4. The highest BCUT2D eigenvalue weighted by Crippen LogP contribution is 2.52. The highest BCUT2D eigenvalue weighted by molar-refractivity contribution is 7.26. The molecule has 362 valence electrons. The van der Waals surface area contributed by atoms with Crippen LogP contribution in [-0.2, 0) is 21.7 Å². The van der Waals surface area contributed by atoms with Crippen LogP contribution in [0, 0.1) is 0 Å². The zero-order valence-electron chi connectivity index (χ0n) is 44.0. The number of para-hydroxylation sites is 3. The van der Waals surface area contributed by atoms with Crippen molar-refractivity contribution >= 4 is 65.3 Å². The zero-order chi connectivity index (χ0) is 50.5. The van der Waals surface area contributed by atoms with Crippen LogP contribution in [0.15, 0.2) is 170 Å². The summed E-state index contributed by atoms with van der Waals surface area (Å²) in [6, 6.07) is 60.4. The topological polar surface area (TPSA) is 33.5 Å². The fraction of sp³-hybridized carbons (Fsp3) is 0.258. The molecule has 10 aromatic rings. The summed E-state index contributed by atoms with van der Waals surface area (Å²) in [6.07, 6.45) is 1.95. The number of fused-ring (bicyclic) bond motifs is 6. The van der Waals surface area contributed by atoms with E-state index in [4.69, 9.17) is 9.72 Å². The molecule has 0 amide bonds. The van der Waals surface area contributed by atoms with Crippen LogP contribution in [0.3, 0.4) is 0 Å². The van der Waals surface area contributed by atoms with Crippen molar-refractivity contribution in [2.75, 3.05) is 16.5 Å². The predicted octanol–water partition coefficient (Wildman–Crippen LogP) is 19.0. The van der Waals surface area contributed by atoms with Gasteiger partial charge in [0.15, 0.2) is 0 Å². The second-order valence-corrected chi connectivity index (χ2v) is 24.9. The number of nitrogens with zero attached hydrogens (tertiary/aromatic N) is 4. The third kappa shape index (κ3) is 8.53. The maximum Gasteiger partial charge on any atom is 0.137 e. The number of rotatable bonds is 7. The number of pyridine rings is 1. The molecule has 0 bridgehead atoms. The number of benzene rings is 7. The third-order valence-electron chi connectivity index (χ3n) is 14.5. The molecular formula is C66H66N4OS. The number of aromatic nitrogens is 2. The highest BCUT2D eigenvalue weighted by atomic mass is 32.1. The molecular weight excluding hydrogens is 897 g/mol. The van der Waals surface area contributed by atoms with E-state index in [0.29, 0.717) is 6.67 Å². The van der Waals surface area contributed by atoms with Crippen molar-refractivity contribution in [1.82, 2.24) is 9.55 Å². The van der Waals surface area contributed by atoms with E-state index in [1.165, 1.54) is 75.9 Å². The summed E-state index contributed by atoms with van der Waals surface area (Å²) < 4.78 is 12.0. The molecule has 0 saturated heterocycles. The van der Waals surface area contributed by atoms with Gasteiger partial charge in [0, 0.05) is 50.6 Å². The SMILES string of the molecule is CC(C)(C)c1cc(Oc2ccc3c4sc5ccccc5c4n(-c4cc(C(C)(C)C)ccn4)c3c2)cc(N2CN(c3c(-c4ccccc4)cccc3-c3cc(C(C)(C)C)cc(C(C)(C)C)c3)c3ccccc32)c1. The monoisotopic (exact) mass is 962 g/mol. The lowest BCUT2D eigenvalue weighted by Gasteiger charge is -2.30. The van der Waals surface area contributed by atoms with Crippen LogP contribution < -0.4 is 14.5 Å². The van der Waals surface area contributed by atoms with Gasteiger partial charge in [0.1, 0.15) is 24.0 Å². The number of thiophene rings is 1. The van der Waals surface area contributed by atoms with Gasteiger partial charge in [0.05, 0.1) is 32.8 Å². The molecule has 4 heterocycles. The first-order valence-corrected chi connectivity index (χ1v) is 26.3. The standard InChI is InChI=1S/C66H66N4OS/c1-63(2,3)44-31-32-67-59(38-44)70-57-40-49(29-30-53(57)62-61(70)54-23-16-19-28-58(54)72-62)71-50-37-47(66(10,11)12)36-48(39-50)68-41-69(56-27-18-17-26-55(56)68)60-51(42-21-14-13-15-22-42)24-20-25-52(60)43-33-45(64(4,5)6)35-46(34-43)65(7,8)9/h13-40H,41H2,1-12H3. The van der Waals surface area contributed by atoms with Gasteiger partial charge >= 0.3 is 0 Å². The van der Waals surface area contributed by atoms with Crippen LogP contribution in [0.2, 0.25) is 0 Å². The van der Waals surface area contributed by atoms with E-state index in [9.17, 15) is 0 Å². The largest absolute Gasteiger partial charge is 0.457 e. The minimum absolute atomic E-state index is 0.0290. The maximum atomic E-state index is 7.11. The molecule has 0 saturated carbocycles. The molecule has 0 radical (unpaired) electrons. The molecule has 0 N–H and O–H groups in total. The van der Waals surface area contributed by atoms with Crippen molar-refractivity contribution in [1.29, 1.82) is 0 Å². The van der Waals surface area contributed by atoms with E-state index in [0.717, 1.165) is 39.9 Å². The fourth-order valence-corrected chi connectivity index (χ4v) is 11.5. The highest BCUT2D eigenvalue weighted by Gasteiger charge is 2.33. The zero-order valence-corrected chi connectivity index (χ0v) is 44.8. The van der Waals surface area contributed by atoms with E-state index in [2.05, 4.69) is 261 Å². The summed E-state index contributed by atoms with van der Waals surface area (Å²) in [7, 11) is 0. The molecule has 0 aliphatic carbocycles. The molecule has 11 rings (SSSR count). The summed E-state index contributed by atoms with van der Waals surface area (Å²) in [5, 5.41) is 2.42. The predicted molar refractivity (Wildman–Crippen MR) is 308 cm³/mol. The fourth-order valence-electron chi connectivity index (χ4n) is 10.3. The van der Waals surface area contributed by atoms with Crippen LogP contribution in [-0.4, -0.2) is 16.2 Å². The van der Waals surface area contributed by atoms with Gasteiger partial charge in [-0.15, -0.1) is 11.3 Å². The summed E-state index contributed by atoms with van der Waals surface area (Å²) in [5.74, 6) is 2.48. The van der Waals surface area contributed by atoms with Crippen LogP contribution in [0.25, 0.3) is 59.3 Å². The van der Waals surface area contributed by atoms with Gasteiger partial charge in [-0.05, 0) is 110 Å². The smallest absolute Gasteiger partial charge is 0.137 e. The van der Waals surface area contributed by atoms with Crippen LogP contribution >= 0.6 is 11.3 Å². The van der Waals surface area contributed by atoms with Gasteiger partial charge in [-0.2, -0.15) is 0 Å². The summed E-state index contributed by atoms with van der Waals surface area (Å²) in [4.78, 5) is 10.0. The van der Waals surface area contributed by atoms with Crippen molar-refractivity contribution < 1.29 is 4.74 Å². The Morgan fingerprint density at radius 3 is 1.76 bits per heavy atom. The van der Waals surface area contributed by atoms with Crippen molar-refractivity contribution in [3.05, 3.63) is 192 Å². The third-order valence-corrected chi connectivity index (χ3v) is 15.7. The minimum atomic E-state index is -0.156. The van der Waals surface area contributed by atoms with Gasteiger partial charge in [0.25, 0.3) is 0 Å². The Morgan fingerprint density at radius 2 is 1.08 bits per heavy atom. The first-order valence-electron chi connectivity index (χ1n) is 25.5. The molecule has 0 unspecified atom stereocenters. The van der Waals surface area contributed by atoms with Crippen LogP contribution in [0.5, 0.6) is 11.5 Å². The van der Waals surface area contributed by atoms with E-state index < -0.39 is 0 Å². The summed E-state index contributed by atoms with van der Waals surface area (Å²) in [5.41, 5.74) is 16.5. The molecule has 0 spiro atoms. The Morgan fingerprint density at radius 1 is 0.472 bits per heavy atom. The molecule has 5 nitrogen and oxygen atoms in total. The molecule has 6 heteroatoms. The summed E-state index contributed by atoms with van der Waals surface area (Å²) in [6.45, 7) is 28.2. The van der Waals surface area contributed by atoms with Gasteiger partial charge < -0.3 is 14.5 Å². The Labute approximate surface area is 430 Å². The molecule has 72 heavy (non-hydrogen) atoms. The van der Waals surface area contributed by atoms with Crippen molar-refractivity contribution in [2.24, 2.45) is 0 Å². The van der Waals surface area contributed by atoms with Gasteiger partial charge in [-0.3, -0.25) is 4.57 Å². The van der Waals surface area contributed by atoms with E-state index >= 15 is 0 Å². The lowest BCUT2D eigenvalue weighted by atomic mass is 9.78. The second kappa shape index (κ2) is 17.3. The number of ether oxygens (including phenoxy) is 1. The lowest BCUT2D eigenvalue weighted by molar-refractivity contribution is 0.479. The maximum absolute atomic E-state index is 7.11.